The topological polar surface area (TPSA) is 47.0 Å². The Morgan fingerprint density at radius 1 is 1.10 bits per heavy atom. The van der Waals surface area contributed by atoms with Crippen LogP contribution in [0.1, 0.15) is 33.1 Å². The maximum Gasteiger partial charge on any atom is 0.317 e. The van der Waals surface area contributed by atoms with Crippen molar-refractivity contribution in [3.05, 3.63) is 0 Å². The summed E-state index contributed by atoms with van der Waals surface area (Å²) in [5.41, 5.74) is 0. The molecule has 0 aromatic carbocycles. The van der Waals surface area contributed by atoms with Crippen molar-refractivity contribution in [1.29, 1.82) is 0 Å². The average molecular weight is 283 g/mol. The summed E-state index contributed by atoms with van der Waals surface area (Å²) in [5, 5.41) is 8.84. The van der Waals surface area contributed by atoms with Crippen LogP contribution in [-0.2, 0) is 4.79 Å². The van der Waals surface area contributed by atoms with Crippen LogP contribution in [0.4, 0.5) is 0 Å². The van der Waals surface area contributed by atoms with E-state index >= 15 is 0 Å². The highest BCUT2D eigenvalue weighted by molar-refractivity contribution is 5.69. The van der Waals surface area contributed by atoms with Crippen LogP contribution in [0.25, 0.3) is 0 Å². The van der Waals surface area contributed by atoms with Crippen LogP contribution in [0.3, 0.4) is 0 Å². The summed E-state index contributed by atoms with van der Waals surface area (Å²) in [6.45, 7) is 11.0. The van der Waals surface area contributed by atoms with Crippen LogP contribution in [0, 0.1) is 0 Å². The Hall–Kier alpha value is -0.650. The lowest BCUT2D eigenvalue weighted by Crippen LogP contribution is -2.51. The quantitative estimate of drug-likeness (QED) is 0.832. The molecule has 2 aliphatic rings. The van der Waals surface area contributed by atoms with Gasteiger partial charge in [-0.05, 0) is 46.2 Å². The molecular formula is C15H29N3O2. The molecule has 2 fully saturated rings. The molecule has 5 nitrogen and oxygen atoms in total. The van der Waals surface area contributed by atoms with Crippen molar-refractivity contribution in [2.45, 2.75) is 45.2 Å². The predicted molar refractivity (Wildman–Crippen MR) is 80.0 cm³/mol. The lowest BCUT2D eigenvalue weighted by atomic mass is 10.1. The molecule has 0 aliphatic carbocycles. The Kier molecular flexibility index (Phi) is 5.81. The minimum absolute atomic E-state index is 0.194. The van der Waals surface area contributed by atoms with Gasteiger partial charge in [0.1, 0.15) is 0 Å². The second-order valence-electron chi connectivity index (χ2n) is 6.42. The third-order valence-corrected chi connectivity index (χ3v) is 4.74. The van der Waals surface area contributed by atoms with Crippen LogP contribution >= 0.6 is 0 Å². The highest BCUT2D eigenvalue weighted by Crippen LogP contribution is 2.19. The van der Waals surface area contributed by atoms with E-state index < -0.39 is 5.97 Å². The van der Waals surface area contributed by atoms with Gasteiger partial charge >= 0.3 is 5.97 Å². The maximum absolute atomic E-state index is 10.7. The molecule has 20 heavy (non-hydrogen) atoms. The van der Waals surface area contributed by atoms with Gasteiger partial charge in [-0.3, -0.25) is 14.6 Å². The fourth-order valence-electron chi connectivity index (χ4n) is 3.46. The van der Waals surface area contributed by atoms with Crippen LogP contribution in [0.5, 0.6) is 0 Å². The number of carbonyl (C=O) groups is 1. The summed E-state index contributed by atoms with van der Waals surface area (Å²) < 4.78 is 0. The number of likely N-dealkylation sites (tertiary alicyclic amines) is 1. The van der Waals surface area contributed by atoms with E-state index in [-0.39, 0.29) is 6.54 Å². The molecule has 0 amide bonds. The Balaban J connectivity index is 1.77. The molecule has 0 aromatic heterocycles. The first-order valence-electron chi connectivity index (χ1n) is 7.98. The molecule has 2 aliphatic heterocycles. The smallest absolute Gasteiger partial charge is 0.317 e. The van der Waals surface area contributed by atoms with Crippen LogP contribution < -0.4 is 0 Å². The third-order valence-electron chi connectivity index (χ3n) is 4.74. The van der Waals surface area contributed by atoms with Gasteiger partial charge in [0.05, 0.1) is 6.54 Å². The van der Waals surface area contributed by atoms with Crippen molar-refractivity contribution in [2.24, 2.45) is 0 Å². The minimum atomic E-state index is -0.708. The minimum Gasteiger partial charge on any atom is -0.480 e. The van der Waals surface area contributed by atoms with E-state index in [4.69, 9.17) is 5.11 Å². The first-order valence-corrected chi connectivity index (χ1v) is 7.98. The van der Waals surface area contributed by atoms with Crippen molar-refractivity contribution in [3.8, 4) is 0 Å². The number of nitrogens with zero attached hydrogens (tertiary/aromatic N) is 3. The lowest BCUT2D eigenvalue weighted by Gasteiger charge is -2.38. The van der Waals surface area contributed by atoms with Crippen molar-refractivity contribution in [3.63, 3.8) is 0 Å². The first kappa shape index (κ1) is 15.7. The summed E-state index contributed by atoms with van der Waals surface area (Å²) in [6.07, 6.45) is 3.84. The molecule has 116 valence electrons. The van der Waals surface area contributed by atoms with Gasteiger partial charge in [0, 0.05) is 38.3 Å². The van der Waals surface area contributed by atoms with Gasteiger partial charge in [-0.15, -0.1) is 0 Å². The zero-order valence-corrected chi connectivity index (χ0v) is 12.9. The standard InChI is InChI=1S/C15H29N3O2/c1-13(2)17-6-3-4-14(5-7-17)18-10-8-16(9-11-18)12-15(19)20/h13-14H,3-12H2,1-2H3,(H,19,20). The largest absolute Gasteiger partial charge is 0.480 e. The van der Waals surface area contributed by atoms with E-state index in [1.165, 1.54) is 32.4 Å². The molecule has 0 aromatic rings. The molecule has 2 heterocycles. The summed E-state index contributed by atoms with van der Waals surface area (Å²) >= 11 is 0. The Labute approximate surface area is 122 Å². The number of hydrogen-bond donors (Lipinski definition) is 1. The molecule has 2 saturated heterocycles. The zero-order valence-electron chi connectivity index (χ0n) is 12.9. The molecule has 0 saturated carbocycles. The Morgan fingerprint density at radius 3 is 2.40 bits per heavy atom. The number of piperazine rings is 1. The van der Waals surface area contributed by atoms with Gasteiger partial charge < -0.3 is 10.0 Å². The Bertz CT molecular complexity index is 314. The highest BCUT2D eigenvalue weighted by atomic mass is 16.4. The monoisotopic (exact) mass is 283 g/mol. The summed E-state index contributed by atoms with van der Waals surface area (Å²) in [5.74, 6) is -0.708. The number of carboxylic acid groups (broad SMARTS) is 1. The average Bonchev–Trinajstić information content (AvgIpc) is 2.64. The van der Waals surface area contributed by atoms with Crippen LogP contribution in [0.15, 0.2) is 0 Å². The van der Waals surface area contributed by atoms with E-state index in [9.17, 15) is 4.79 Å². The summed E-state index contributed by atoms with van der Waals surface area (Å²) in [4.78, 5) is 18.0. The predicted octanol–water partition coefficient (Wildman–Crippen LogP) is 0.952. The molecule has 5 heteroatoms. The van der Waals surface area contributed by atoms with Crippen molar-refractivity contribution >= 4 is 5.97 Å². The molecule has 1 unspecified atom stereocenters. The normalized spacial score (nSPS) is 27.6. The third kappa shape index (κ3) is 4.43. The number of carboxylic acids is 1. The number of rotatable bonds is 4. The second kappa shape index (κ2) is 7.38. The SMILES string of the molecule is CC(C)N1CCCC(N2CCN(CC(=O)O)CC2)CC1. The first-order chi connectivity index (χ1) is 9.56. The van der Waals surface area contributed by atoms with Gasteiger partial charge in [-0.1, -0.05) is 0 Å². The number of hydrogen-bond acceptors (Lipinski definition) is 4. The van der Waals surface area contributed by atoms with Crippen molar-refractivity contribution in [2.75, 3.05) is 45.8 Å². The van der Waals surface area contributed by atoms with Crippen molar-refractivity contribution in [1.82, 2.24) is 14.7 Å². The van der Waals surface area contributed by atoms with Crippen molar-refractivity contribution < 1.29 is 9.90 Å². The molecule has 1 N–H and O–H groups in total. The highest BCUT2D eigenvalue weighted by Gasteiger charge is 2.26. The fraction of sp³-hybridized carbons (Fsp3) is 0.933. The van der Waals surface area contributed by atoms with E-state index in [0.29, 0.717) is 12.1 Å². The number of aliphatic carboxylic acids is 1. The van der Waals surface area contributed by atoms with E-state index in [2.05, 4.69) is 28.5 Å². The van der Waals surface area contributed by atoms with Gasteiger partial charge in [-0.25, -0.2) is 0 Å². The molecule has 2 rings (SSSR count). The second-order valence-corrected chi connectivity index (χ2v) is 6.42. The van der Waals surface area contributed by atoms with E-state index in [0.717, 1.165) is 26.2 Å². The molecule has 0 bridgehead atoms. The maximum atomic E-state index is 10.7. The summed E-state index contributed by atoms with van der Waals surface area (Å²) in [6, 6.07) is 1.35. The van der Waals surface area contributed by atoms with Gasteiger partial charge in [0.2, 0.25) is 0 Å². The van der Waals surface area contributed by atoms with Crippen LogP contribution in [0.2, 0.25) is 0 Å². The van der Waals surface area contributed by atoms with Gasteiger partial charge in [0.25, 0.3) is 0 Å². The fourth-order valence-corrected chi connectivity index (χ4v) is 3.46. The van der Waals surface area contributed by atoms with Gasteiger partial charge in [0.15, 0.2) is 0 Å². The van der Waals surface area contributed by atoms with E-state index in [1.54, 1.807) is 0 Å². The van der Waals surface area contributed by atoms with E-state index in [1.807, 2.05) is 0 Å². The molecule has 1 atom stereocenters. The molecule has 0 radical (unpaired) electrons. The Morgan fingerprint density at radius 2 is 1.80 bits per heavy atom. The summed E-state index contributed by atoms with van der Waals surface area (Å²) in [7, 11) is 0. The van der Waals surface area contributed by atoms with Crippen LogP contribution in [-0.4, -0.2) is 83.7 Å². The van der Waals surface area contributed by atoms with Gasteiger partial charge in [-0.2, -0.15) is 0 Å². The molecular weight excluding hydrogens is 254 g/mol. The molecule has 0 spiro atoms. The lowest BCUT2D eigenvalue weighted by molar-refractivity contribution is -0.138. The zero-order chi connectivity index (χ0) is 14.5.